The Morgan fingerprint density at radius 2 is 0.911 bits per heavy atom. The lowest BCUT2D eigenvalue weighted by Gasteiger charge is -2.50. The first-order valence-electron chi connectivity index (χ1n) is 30.2. The van der Waals surface area contributed by atoms with Crippen molar-refractivity contribution in [2.45, 2.75) is 257 Å². The van der Waals surface area contributed by atoms with E-state index < -0.39 is 184 Å². The molecule has 1 aromatic carbocycles. The van der Waals surface area contributed by atoms with Crippen molar-refractivity contribution in [1.82, 2.24) is 0 Å². The first-order valence-corrected chi connectivity index (χ1v) is 30.2. The van der Waals surface area contributed by atoms with Crippen molar-refractivity contribution in [3.05, 3.63) is 58.5 Å². The largest absolute Gasteiger partial charge is 0.463 e. The monoisotopic (exact) mass is 1280 g/mol. The maximum atomic E-state index is 13.8. The smallest absolute Gasteiger partial charge is 0.338 e. The van der Waals surface area contributed by atoms with E-state index in [1.807, 2.05) is 0 Å². The van der Waals surface area contributed by atoms with E-state index in [4.69, 9.17) is 75.8 Å². The van der Waals surface area contributed by atoms with Gasteiger partial charge in [0.05, 0.1) is 18.3 Å². The Morgan fingerprint density at radius 1 is 0.500 bits per heavy atom. The topological polar surface area (TPSA) is 367 Å². The van der Waals surface area contributed by atoms with Gasteiger partial charge in [0.2, 0.25) is 0 Å². The number of hydrogen-bond acceptors (Lipinski definition) is 27. The van der Waals surface area contributed by atoms with Gasteiger partial charge in [-0.2, -0.15) is 0 Å². The summed E-state index contributed by atoms with van der Waals surface area (Å²) in [6, 6.07) is 6.56. The molecule has 3 saturated heterocycles. The number of nitrogens with zero attached hydrogens (tertiary/aromatic N) is 3. The van der Waals surface area contributed by atoms with E-state index in [-0.39, 0.29) is 5.56 Å². The number of hydrogen-bond donors (Lipinski definition) is 0. The molecule has 502 valence electrons. The fourth-order valence-corrected chi connectivity index (χ4v) is 10.3. The summed E-state index contributed by atoms with van der Waals surface area (Å²) in [6.45, 7) is 10.5. The molecule has 1 aromatic rings. The lowest BCUT2D eigenvalue weighted by molar-refractivity contribution is -0.386. The molecule has 0 bridgehead atoms. The standard InChI is InChI=1S/C61H87N3O26/c1-12-13-14-15-16-17-18-19-20-21-22-23-27-30-46(86-58(74)44-28-25-24-26-29-44)45(63-64-62)31-77-59-55(83-41(9)71)54(90-60-56(84-42(10)72)52(81-39(7)69)49(34(2)78-60)79-37(5)67)51(48(87-59)33-76-36(4)66)89-61-57(85-43(11)73)53(82-40(8)70)50(80-38(6)68)47(88-61)32-75-35(3)65/h24-30,34,45-57,59-61H,12-23,31-33H2,1-11H3/b30-27+/t34-,45-,46+,47+,48+,49+,50+,51+,52+,53-,54-,55+,56-,57-,59+,60-,61-/m0/s1. The van der Waals surface area contributed by atoms with E-state index in [0.717, 1.165) is 94.4 Å². The zero-order valence-corrected chi connectivity index (χ0v) is 52.9. The van der Waals surface area contributed by atoms with Crippen LogP contribution in [0.4, 0.5) is 0 Å². The Labute approximate surface area is 522 Å². The minimum atomic E-state index is -2.07. The molecule has 0 N–H and O–H groups in total. The number of azide groups is 1. The lowest BCUT2D eigenvalue weighted by atomic mass is 9.95. The average molecular weight is 1280 g/mol. The fraction of sp³-hybridized carbons (Fsp3) is 0.705. The van der Waals surface area contributed by atoms with Crippen LogP contribution < -0.4 is 0 Å². The van der Waals surface area contributed by atoms with E-state index in [1.54, 1.807) is 30.4 Å². The molecule has 29 nitrogen and oxygen atoms in total. The molecule has 3 heterocycles. The molecule has 0 unspecified atom stereocenters. The van der Waals surface area contributed by atoms with Crippen LogP contribution in [0.25, 0.3) is 10.4 Å². The number of carbonyl (C=O) groups excluding carboxylic acids is 10. The van der Waals surface area contributed by atoms with Crippen molar-refractivity contribution >= 4 is 59.7 Å². The molecule has 3 aliphatic rings. The van der Waals surface area contributed by atoms with Gasteiger partial charge in [-0.15, -0.1) is 0 Å². The number of esters is 10. The van der Waals surface area contributed by atoms with Gasteiger partial charge < -0.3 is 75.8 Å². The highest BCUT2D eigenvalue weighted by Crippen LogP contribution is 2.39. The maximum Gasteiger partial charge on any atom is 0.338 e. The third kappa shape index (κ3) is 25.5. The Hall–Kier alpha value is -7.27. The molecule has 0 aliphatic carbocycles. The molecule has 4 rings (SSSR count). The summed E-state index contributed by atoms with van der Waals surface area (Å²) >= 11 is 0. The van der Waals surface area contributed by atoms with Gasteiger partial charge in [-0.3, -0.25) is 43.2 Å². The second kappa shape index (κ2) is 39.1. The van der Waals surface area contributed by atoms with Crippen molar-refractivity contribution in [1.29, 1.82) is 0 Å². The zero-order chi connectivity index (χ0) is 66.5. The van der Waals surface area contributed by atoms with Gasteiger partial charge in [0, 0.05) is 67.2 Å². The van der Waals surface area contributed by atoms with Crippen LogP contribution in [0.5, 0.6) is 0 Å². The second-order valence-corrected chi connectivity index (χ2v) is 21.7. The quantitative estimate of drug-likeness (QED) is 0.0128. The predicted molar refractivity (Wildman–Crippen MR) is 308 cm³/mol. The SMILES string of the molecule is CCCCCCCCCCCCC/C=C/[C@@H](OC(=O)c1ccccc1)[C@H](CO[C@@H]1O[C@H](COC(C)=O)[C@@H](O[C@@H]2O[C@H](COC(C)=O)[C@@H](OC(C)=O)[C@H](OC(C)=O)[C@@H]2OC(C)=O)[C@H](O[C@@H]2O[C@@H](C)[C@@H](OC(C)=O)[C@@H](OC(C)=O)[C@@H]2OC(C)=O)[C@H]1OC(C)=O)N=[N+]=[N-]. The third-order valence-electron chi connectivity index (χ3n) is 14.1. The van der Waals surface area contributed by atoms with Gasteiger partial charge in [-0.1, -0.05) is 101 Å². The molecule has 3 fully saturated rings. The van der Waals surface area contributed by atoms with Gasteiger partial charge in [0.25, 0.3) is 0 Å². The number of allylic oxidation sites excluding steroid dienone is 1. The number of carbonyl (C=O) groups is 10. The van der Waals surface area contributed by atoms with Crippen LogP contribution in [-0.4, -0.2) is 184 Å². The molecular formula is C61H87N3O26. The summed E-state index contributed by atoms with van der Waals surface area (Å²) in [5, 5.41) is 3.96. The van der Waals surface area contributed by atoms with Gasteiger partial charge in [-0.25, -0.2) is 4.79 Å². The summed E-state index contributed by atoms with van der Waals surface area (Å²) < 4.78 is 95.5. The minimum absolute atomic E-state index is 0.157. The van der Waals surface area contributed by atoms with E-state index in [1.165, 1.54) is 57.6 Å². The summed E-state index contributed by atoms with van der Waals surface area (Å²) in [5.41, 5.74) is 10.2. The highest BCUT2D eigenvalue weighted by Gasteiger charge is 2.60. The first-order chi connectivity index (χ1) is 42.8. The number of ether oxygens (including phenoxy) is 16. The Balaban J connectivity index is 1.92. The lowest BCUT2D eigenvalue weighted by Crippen LogP contribution is -2.69. The summed E-state index contributed by atoms with van der Waals surface area (Å²) in [4.78, 5) is 132. The van der Waals surface area contributed by atoms with Gasteiger partial charge in [-0.05, 0) is 43.5 Å². The van der Waals surface area contributed by atoms with Crippen molar-refractivity contribution < 1.29 is 124 Å². The molecule has 29 heteroatoms. The maximum absolute atomic E-state index is 13.8. The van der Waals surface area contributed by atoms with E-state index in [9.17, 15) is 53.5 Å². The van der Waals surface area contributed by atoms with Crippen LogP contribution in [-0.2, 0) is 119 Å². The Bertz CT molecular complexity index is 2600. The summed E-state index contributed by atoms with van der Waals surface area (Å²) in [7, 11) is 0. The molecule has 0 saturated carbocycles. The average Bonchev–Trinajstić information content (AvgIpc) is 0.775. The molecule has 0 radical (unpaired) electrons. The Morgan fingerprint density at radius 3 is 1.40 bits per heavy atom. The molecule has 17 atom stereocenters. The van der Waals surface area contributed by atoms with Crippen LogP contribution in [0.3, 0.4) is 0 Å². The molecule has 0 spiro atoms. The molecule has 0 amide bonds. The van der Waals surface area contributed by atoms with Gasteiger partial charge in [0.1, 0.15) is 49.8 Å². The third-order valence-corrected chi connectivity index (χ3v) is 14.1. The molecule has 3 aliphatic heterocycles. The predicted octanol–water partition coefficient (Wildman–Crippen LogP) is 6.78. The molecular weight excluding hydrogens is 1190 g/mol. The van der Waals surface area contributed by atoms with Crippen LogP contribution in [0, 0.1) is 0 Å². The highest BCUT2D eigenvalue weighted by atomic mass is 16.8. The zero-order valence-electron chi connectivity index (χ0n) is 52.9. The van der Waals surface area contributed by atoms with E-state index >= 15 is 0 Å². The summed E-state index contributed by atoms with van der Waals surface area (Å²) in [6.07, 6.45) is -12.2. The second-order valence-electron chi connectivity index (χ2n) is 21.7. The number of unbranched alkanes of at least 4 members (excludes halogenated alkanes) is 11. The van der Waals surface area contributed by atoms with Crippen molar-refractivity contribution in [3.8, 4) is 0 Å². The van der Waals surface area contributed by atoms with Crippen LogP contribution >= 0.6 is 0 Å². The normalized spacial score (nSPS) is 27.0. The van der Waals surface area contributed by atoms with Crippen molar-refractivity contribution in [3.63, 3.8) is 0 Å². The Kier molecular flexibility index (Phi) is 32.7. The van der Waals surface area contributed by atoms with Crippen molar-refractivity contribution in [2.24, 2.45) is 5.11 Å². The first kappa shape index (κ1) is 75.2. The van der Waals surface area contributed by atoms with Gasteiger partial charge >= 0.3 is 59.7 Å². The van der Waals surface area contributed by atoms with Crippen LogP contribution in [0.15, 0.2) is 47.6 Å². The highest BCUT2D eigenvalue weighted by molar-refractivity contribution is 5.89. The van der Waals surface area contributed by atoms with E-state index in [2.05, 4.69) is 16.9 Å². The fourth-order valence-electron chi connectivity index (χ4n) is 10.3. The van der Waals surface area contributed by atoms with E-state index in [0.29, 0.717) is 6.42 Å². The van der Waals surface area contributed by atoms with Crippen LogP contribution in [0.1, 0.15) is 164 Å². The number of benzene rings is 1. The van der Waals surface area contributed by atoms with Gasteiger partial charge in [0.15, 0.2) is 61.6 Å². The number of rotatable bonds is 35. The van der Waals surface area contributed by atoms with Crippen molar-refractivity contribution in [2.75, 3.05) is 19.8 Å². The van der Waals surface area contributed by atoms with Crippen LogP contribution in [0.2, 0.25) is 0 Å². The minimum Gasteiger partial charge on any atom is -0.463 e. The molecule has 90 heavy (non-hydrogen) atoms. The summed E-state index contributed by atoms with van der Waals surface area (Å²) in [5.74, 6) is -9.40. The molecule has 0 aromatic heterocycles.